The summed E-state index contributed by atoms with van der Waals surface area (Å²) in [6.07, 6.45) is 5.26. The highest BCUT2D eigenvalue weighted by molar-refractivity contribution is 5.85. The lowest BCUT2D eigenvalue weighted by molar-refractivity contribution is -0.146. The fourth-order valence-corrected chi connectivity index (χ4v) is 2.74. The molecule has 0 bridgehead atoms. The van der Waals surface area contributed by atoms with Crippen LogP contribution in [-0.2, 0) is 9.53 Å². The summed E-state index contributed by atoms with van der Waals surface area (Å²) in [5.74, 6) is -0.843. The van der Waals surface area contributed by atoms with Gasteiger partial charge in [0.25, 0.3) is 0 Å². The minimum absolute atomic E-state index is 0. The first-order valence-electron chi connectivity index (χ1n) is 5.67. The zero-order valence-electron chi connectivity index (χ0n) is 9.41. The van der Waals surface area contributed by atoms with Gasteiger partial charge in [0, 0.05) is 13.2 Å². The number of carbonyl (C=O) groups is 1. The number of hydrogen-bond donors (Lipinski definition) is 2. The Morgan fingerprint density at radius 2 is 1.56 bits per heavy atom. The summed E-state index contributed by atoms with van der Waals surface area (Å²) in [5.41, 5.74) is 5.22. The Balaban J connectivity index is 0.00000128. The van der Waals surface area contributed by atoms with Crippen molar-refractivity contribution in [2.45, 2.75) is 44.1 Å². The van der Waals surface area contributed by atoms with Gasteiger partial charge >= 0.3 is 5.97 Å². The minimum atomic E-state index is -0.969. The van der Waals surface area contributed by atoms with Crippen LogP contribution in [0.5, 0.6) is 0 Å². The third-order valence-corrected chi connectivity index (χ3v) is 4.18. The number of aliphatic carboxylic acids is 1. The van der Waals surface area contributed by atoms with E-state index in [1.54, 1.807) is 0 Å². The quantitative estimate of drug-likeness (QED) is 0.740. The van der Waals surface area contributed by atoms with Crippen LogP contribution in [0, 0.1) is 5.41 Å². The first kappa shape index (κ1) is 13.7. The second-order valence-corrected chi connectivity index (χ2v) is 5.07. The average molecular weight is 250 g/mol. The van der Waals surface area contributed by atoms with E-state index in [0.717, 1.165) is 38.9 Å². The zero-order chi connectivity index (χ0) is 10.9. The molecule has 2 fully saturated rings. The van der Waals surface area contributed by atoms with Crippen LogP contribution >= 0.6 is 12.4 Å². The van der Waals surface area contributed by atoms with Crippen molar-refractivity contribution in [3.8, 4) is 0 Å². The standard InChI is InChI=1S/C11H19NO3.ClH/c12-11(9(13)14)3-1-10(2-4-11)5-7-15-8-6-10;/h1-8,12H2,(H,13,14);1H. The Bertz CT molecular complexity index is 254. The molecule has 1 heterocycles. The van der Waals surface area contributed by atoms with Gasteiger partial charge in [0.2, 0.25) is 0 Å². The Kier molecular flexibility index (Phi) is 4.21. The van der Waals surface area contributed by atoms with Crippen LogP contribution in [0.15, 0.2) is 0 Å². The minimum Gasteiger partial charge on any atom is -0.480 e. The number of ether oxygens (including phenoxy) is 1. The van der Waals surface area contributed by atoms with Crippen molar-refractivity contribution in [2.24, 2.45) is 11.1 Å². The van der Waals surface area contributed by atoms with Crippen molar-refractivity contribution in [1.29, 1.82) is 0 Å². The van der Waals surface area contributed by atoms with Gasteiger partial charge in [-0.2, -0.15) is 0 Å². The largest absolute Gasteiger partial charge is 0.480 e. The first-order chi connectivity index (χ1) is 7.06. The van der Waals surface area contributed by atoms with Gasteiger partial charge in [-0.25, -0.2) is 0 Å². The maximum absolute atomic E-state index is 11.0. The predicted octanol–water partition coefficient (Wildman–Crippen LogP) is 1.56. The summed E-state index contributed by atoms with van der Waals surface area (Å²) in [6, 6.07) is 0. The maximum atomic E-state index is 11.0. The molecule has 1 saturated heterocycles. The van der Waals surface area contributed by atoms with Crippen LogP contribution in [0.4, 0.5) is 0 Å². The van der Waals surface area contributed by atoms with Crippen molar-refractivity contribution in [2.75, 3.05) is 13.2 Å². The van der Waals surface area contributed by atoms with Crippen LogP contribution in [0.1, 0.15) is 38.5 Å². The van der Waals surface area contributed by atoms with E-state index in [1.165, 1.54) is 0 Å². The molecule has 0 radical (unpaired) electrons. The number of hydrogen-bond acceptors (Lipinski definition) is 3. The molecular formula is C11H20ClNO3. The van der Waals surface area contributed by atoms with Crippen molar-refractivity contribution in [3.05, 3.63) is 0 Å². The smallest absolute Gasteiger partial charge is 0.323 e. The molecule has 0 unspecified atom stereocenters. The molecule has 2 aliphatic rings. The Hall–Kier alpha value is -0.320. The normalized spacial score (nSPS) is 27.1. The van der Waals surface area contributed by atoms with Gasteiger partial charge in [-0.15, -0.1) is 12.4 Å². The molecule has 4 nitrogen and oxygen atoms in total. The molecule has 0 aromatic carbocycles. The number of halogens is 1. The second-order valence-electron chi connectivity index (χ2n) is 5.07. The van der Waals surface area contributed by atoms with Crippen LogP contribution in [-0.4, -0.2) is 29.8 Å². The summed E-state index contributed by atoms with van der Waals surface area (Å²) in [4.78, 5) is 11.0. The molecule has 1 aliphatic heterocycles. The van der Waals surface area contributed by atoms with E-state index in [2.05, 4.69) is 0 Å². The molecule has 0 amide bonds. The molecule has 94 valence electrons. The van der Waals surface area contributed by atoms with Gasteiger partial charge in [-0.3, -0.25) is 4.79 Å². The van der Waals surface area contributed by atoms with Crippen LogP contribution in [0.3, 0.4) is 0 Å². The fourth-order valence-electron chi connectivity index (χ4n) is 2.74. The number of rotatable bonds is 1. The summed E-state index contributed by atoms with van der Waals surface area (Å²) in [6.45, 7) is 1.65. The van der Waals surface area contributed by atoms with Crippen molar-refractivity contribution in [3.63, 3.8) is 0 Å². The van der Waals surface area contributed by atoms with Crippen LogP contribution in [0.2, 0.25) is 0 Å². The number of nitrogens with two attached hydrogens (primary N) is 1. The summed E-state index contributed by atoms with van der Waals surface area (Å²) in [7, 11) is 0. The molecule has 0 atom stereocenters. The van der Waals surface area contributed by atoms with Crippen LogP contribution < -0.4 is 5.73 Å². The van der Waals surface area contributed by atoms with E-state index < -0.39 is 11.5 Å². The van der Waals surface area contributed by atoms with Crippen molar-refractivity contribution < 1.29 is 14.6 Å². The van der Waals surface area contributed by atoms with Crippen molar-refractivity contribution >= 4 is 18.4 Å². The zero-order valence-corrected chi connectivity index (χ0v) is 10.2. The SMILES string of the molecule is Cl.NC1(C(=O)O)CCC2(CCOCC2)CC1. The van der Waals surface area contributed by atoms with E-state index in [1.807, 2.05) is 0 Å². The average Bonchev–Trinajstić information content (AvgIpc) is 2.24. The molecule has 1 saturated carbocycles. The number of carboxylic acids is 1. The Morgan fingerprint density at radius 3 is 2.00 bits per heavy atom. The van der Waals surface area contributed by atoms with E-state index >= 15 is 0 Å². The van der Waals surface area contributed by atoms with E-state index in [4.69, 9.17) is 15.6 Å². The number of carboxylic acid groups (broad SMARTS) is 1. The predicted molar refractivity (Wildman–Crippen MR) is 62.8 cm³/mol. The molecule has 0 aromatic heterocycles. The van der Waals surface area contributed by atoms with Gasteiger partial charge in [0.1, 0.15) is 5.54 Å². The molecule has 1 spiro atoms. The lowest BCUT2D eigenvalue weighted by atomic mass is 9.64. The Morgan fingerprint density at radius 1 is 1.06 bits per heavy atom. The maximum Gasteiger partial charge on any atom is 0.323 e. The highest BCUT2D eigenvalue weighted by Gasteiger charge is 2.45. The highest BCUT2D eigenvalue weighted by Crippen LogP contribution is 2.46. The summed E-state index contributed by atoms with van der Waals surface area (Å²) >= 11 is 0. The molecule has 3 N–H and O–H groups in total. The van der Waals surface area contributed by atoms with Gasteiger partial charge in [-0.05, 0) is 43.9 Å². The van der Waals surface area contributed by atoms with Crippen molar-refractivity contribution in [1.82, 2.24) is 0 Å². The lowest BCUT2D eigenvalue weighted by Crippen LogP contribution is -2.53. The van der Waals surface area contributed by atoms with Gasteiger partial charge in [-0.1, -0.05) is 0 Å². The fraction of sp³-hybridized carbons (Fsp3) is 0.909. The van der Waals surface area contributed by atoms with E-state index in [-0.39, 0.29) is 12.4 Å². The molecule has 2 rings (SSSR count). The van der Waals surface area contributed by atoms with Crippen LogP contribution in [0.25, 0.3) is 0 Å². The second kappa shape index (κ2) is 4.90. The lowest BCUT2D eigenvalue weighted by Gasteiger charge is -2.45. The van der Waals surface area contributed by atoms with E-state index in [0.29, 0.717) is 18.3 Å². The molecule has 5 heteroatoms. The van der Waals surface area contributed by atoms with Gasteiger partial charge < -0.3 is 15.6 Å². The third kappa shape index (κ3) is 2.50. The van der Waals surface area contributed by atoms with E-state index in [9.17, 15) is 4.79 Å². The van der Waals surface area contributed by atoms with Gasteiger partial charge in [0.15, 0.2) is 0 Å². The topological polar surface area (TPSA) is 72.6 Å². The summed E-state index contributed by atoms with van der Waals surface area (Å²) in [5, 5.41) is 9.03. The first-order valence-corrected chi connectivity index (χ1v) is 5.67. The molecule has 16 heavy (non-hydrogen) atoms. The molecular weight excluding hydrogens is 230 g/mol. The highest BCUT2D eigenvalue weighted by atomic mass is 35.5. The Labute approximate surface area is 102 Å². The van der Waals surface area contributed by atoms with Gasteiger partial charge in [0.05, 0.1) is 0 Å². The molecule has 1 aliphatic carbocycles. The third-order valence-electron chi connectivity index (χ3n) is 4.18. The summed E-state index contributed by atoms with van der Waals surface area (Å²) < 4.78 is 5.35. The monoisotopic (exact) mass is 249 g/mol. The molecule has 0 aromatic rings.